The van der Waals surface area contributed by atoms with Gasteiger partial charge in [0.2, 0.25) is 0 Å². The Morgan fingerprint density at radius 3 is 3.00 bits per heavy atom. The molecule has 0 spiro atoms. The second-order valence-electron chi connectivity index (χ2n) is 2.50. The van der Waals surface area contributed by atoms with E-state index in [1.807, 2.05) is 0 Å². The van der Waals surface area contributed by atoms with E-state index < -0.39 is 0 Å². The molecule has 0 fully saturated rings. The minimum Gasteiger partial charge on any atom is -0.440 e. The Kier molecular flexibility index (Phi) is 4.87. The van der Waals surface area contributed by atoms with Gasteiger partial charge in [-0.2, -0.15) is 0 Å². The molecule has 0 amide bonds. The summed E-state index contributed by atoms with van der Waals surface area (Å²) < 4.78 is 5.07. The van der Waals surface area contributed by atoms with Crippen LogP contribution in [-0.4, -0.2) is 17.3 Å². The Labute approximate surface area is 76.7 Å². The molecule has 1 aromatic rings. The van der Waals surface area contributed by atoms with Gasteiger partial charge in [-0.3, -0.25) is 0 Å². The van der Waals surface area contributed by atoms with E-state index in [4.69, 9.17) is 10.2 Å². The van der Waals surface area contributed by atoms with Gasteiger partial charge < -0.3 is 10.2 Å². The van der Waals surface area contributed by atoms with Crippen LogP contribution in [0.4, 0.5) is 0 Å². The van der Waals surface area contributed by atoms with Crippen LogP contribution in [0.15, 0.2) is 22.1 Å². The predicted octanol–water partition coefficient (Wildman–Crippen LogP) is 1.90. The fraction of sp³-hybridized carbons (Fsp3) is 0.625. The summed E-state index contributed by atoms with van der Waals surface area (Å²) in [5.41, 5.74) is 5.37. The molecule has 0 aliphatic carbocycles. The van der Waals surface area contributed by atoms with Crippen molar-refractivity contribution in [2.45, 2.75) is 24.5 Å². The molecule has 68 valence electrons. The molecule has 0 radical (unpaired) electrons. The largest absolute Gasteiger partial charge is 0.440 e. The molecule has 0 bridgehead atoms. The maximum Gasteiger partial charge on any atom is 0.255 e. The first kappa shape index (κ1) is 9.61. The Morgan fingerprint density at radius 2 is 2.33 bits per heavy atom. The molecule has 1 rings (SSSR count). The number of hydrogen-bond donors (Lipinski definition) is 1. The fourth-order valence-electron chi connectivity index (χ4n) is 0.864. The van der Waals surface area contributed by atoms with Crippen molar-refractivity contribution < 1.29 is 4.42 Å². The average molecular weight is 186 g/mol. The minimum atomic E-state index is 0.766. The number of aromatic nitrogens is 1. The van der Waals surface area contributed by atoms with Crippen molar-refractivity contribution in [2.24, 2.45) is 5.73 Å². The molecule has 0 saturated carbocycles. The lowest BCUT2D eigenvalue weighted by molar-refractivity contribution is 0.454. The maximum absolute atomic E-state index is 5.37. The van der Waals surface area contributed by atoms with Gasteiger partial charge in [0, 0.05) is 5.75 Å². The number of thioether (sulfide) groups is 1. The molecule has 2 N–H and O–H groups in total. The topological polar surface area (TPSA) is 52.0 Å². The monoisotopic (exact) mass is 186 g/mol. The van der Waals surface area contributed by atoms with Crippen LogP contribution < -0.4 is 5.73 Å². The summed E-state index contributed by atoms with van der Waals surface area (Å²) in [5, 5.41) is 0.766. The number of nitrogens with two attached hydrogens (primary N) is 1. The highest BCUT2D eigenvalue weighted by molar-refractivity contribution is 7.99. The van der Waals surface area contributed by atoms with Gasteiger partial charge in [-0.1, -0.05) is 18.2 Å². The van der Waals surface area contributed by atoms with Crippen molar-refractivity contribution in [2.75, 3.05) is 12.3 Å². The van der Waals surface area contributed by atoms with Crippen molar-refractivity contribution in [1.82, 2.24) is 4.98 Å². The molecule has 4 heteroatoms. The fourth-order valence-corrected chi connectivity index (χ4v) is 1.65. The molecule has 0 unspecified atom stereocenters. The van der Waals surface area contributed by atoms with Crippen molar-refractivity contribution >= 4 is 11.8 Å². The number of hydrogen-bond acceptors (Lipinski definition) is 4. The van der Waals surface area contributed by atoms with Crippen LogP contribution in [0, 0.1) is 0 Å². The summed E-state index contributed by atoms with van der Waals surface area (Å²) >= 11 is 1.66. The third-order valence-corrected chi connectivity index (χ3v) is 2.43. The van der Waals surface area contributed by atoms with E-state index >= 15 is 0 Å². The SMILES string of the molecule is NCCCCCSc1ncco1. The highest BCUT2D eigenvalue weighted by Gasteiger charge is 1.96. The summed E-state index contributed by atoms with van der Waals surface area (Å²) in [7, 11) is 0. The van der Waals surface area contributed by atoms with Crippen LogP contribution in [0.3, 0.4) is 0 Å². The van der Waals surface area contributed by atoms with Crippen LogP contribution in [0.1, 0.15) is 19.3 Å². The van der Waals surface area contributed by atoms with Crippen LogP contribution >= 0.6 is 11.8 Å². The second kappa shape index (κ2) is 6.08. The van der Waals surface area contributed by atoms with E-state index in [9.17, 15) is 0 Å². The molecule has 1 aromatic heterocycles. The number of unbranched alkanes of at least 4 members (excludes halogenated alkanes) is 2. The van der Waals surface area contributed by atoms with E-state index in [0.29, 0.717) is 0 Å². The Balaban J connectivity index is 1.96. The molecule has 0 aliphatic rings. The summed E-state index contributed by atoms with van der Waals surface area (Å²) in [4.78, 5) is 4.01. The van der Waals surface area contributed by atoms with Gasteiger partial charge in [0.1, 0.15) is 6.26 Å². The highest BCUT2D eigenvalue weighted by Crippen LogP contribution is 2.16. The van der Waals surface area contributed by atoms with E-state index in [-0.39, 0.29) is 0 Å². The molecule has 3 nitrogen and oxygen atoms in total. The molecule has 0 aromatic carbocycles. The first-order valence-corrected chi connectivity index (χ1v) is 5.14. The van der Waals surface area contributed by atoms with Crippen molar-refractivity contribution in [3.05, 3.63) is 12.5 Å². The first-order chi connectivity index (χ1) is 5.93. The van der Waals surface area contributed by atoms with Gasteiger partial charge in [-0.25, -0.2) is 4.98 Å². The number of rotatable bonds is 6. The average Bonchev–Trinajstić information content (AvgIpc) is 2.57. The Hall–Kier alpha value is -0.480. The quantitative estimate of drug-likeness (QED) is 0.544. The van der Waals surface area contributed by atoms with Crippen molar-refractivity contribution in [3.8, 4) is 0 Å². The zero-order valence-electron chi connectivity index (χ0n) is 7.03. The molecule has 12 heavy (non-hydrogen) atoms. The molecular formula is C8H14N2OS. The normalized spacial score (nSPS) is 10.4. The van der Waals surface area contributed by atoms with Gasteiger partial charge in [0.05, 0.1) is 6.20 Å². The van der Waals surface area contributed by atoms with E-state index in [2.05, 4.69) is 4.98 Å². The summed E-state index contributed by atoms with van der Waals surface area (Å²) in [6.45, 7) is 0.795. The van der Waals surface area contributed by atoms with Crippen molar-refractivity contribution in [1.29, 1.82) is 0 Å². The lowest BCUT2D eigenvalue weighted by atomic mass is 10.2. The third-order valence-electron chi connectivity index (χ3n) is 1.48. The summed E-state index contributed by atoms with van der Waals surface area (Å²) in [6, 6.07) is 0. The van der Waals surface area contributed by atoms with E-state index in [1.165, 1.54) is 12.8 Å². The van der Waals surface area contributed by atoms with Gasteiger partial charge in [-0.05, 0) is 19.4 Å². The molecule has 1 heterocycles. The van der Waals surface area contributed by atoms with Crippen LogP contribution in [0.25, 0.3) is 0 Å². The van der Waals surface area contributed by atoms with Crippen LogP contribution in [0.5, 0.6) is 0 Å². The van der Waals surface area contributed by atoms with Crippen LogP contribution in [0.2, 0.25) is 0 Å². The molecule has 0 saturated heterocycles. The van der Waals surface area contributed by atoms with Gasteiger partial charge in [0.25, 0.3) is 5.22 Å². The van der Waals surface area contributed by atoms with Crippen LogP contribution in [-0.2, 0) is 0 Å². The Morgan fingerprint density at radius 1 is 1.42 bits per heavy atom. The lowest BCUT2D eigenvalue weighted by Gasteiger charge is -1.96. The number of oxazole rings is 1. The lowest BCUT2D eigenvalue weighted by Crippen LogP contribution is -1.97. The summed E-state index contributed by atoms with van der Waals surface area (Å²) in [6.07, 6.45) is 6.77. The summed E-state index contributed by atoms with van der Waals surface area (Å²) in [5.74, 6) is 1.07. The van der Waals surface area contributed by atoms with Crippen molar-refractivity contribution in [3.63, 3.8) is 0 Å². The smallest absolute Gasteiger partial charge is 0.255 e. The molecular weight excluding hydrogens is 172 g/mol. The third kappa shape index (κ3) is 3.78. The molecule has 0 aliphatic heterocycles. The zero-order valence-corrected chi connectivity index (χ0v) is 7.85. The van der Waals surface area contributed by atoms with Gasteiger partial charge in [0.15, 0.2) is 0 Å². The molecule has 0 atom stereocenters. The number of nitrogens with zero attached hydrogens (tertiary/aromatic N) is 1. The Bertz CT molecular complexity index is 189. The van der Waals surface area contributed by atoms with E-state index in [1.54, 1.807) is 24.2 Å². The highest BCUT2D eigenvalue weighted by atomic mass is 32.2. The predicted molar refractivity (Wildman–Crippen MR) is 50.1 cm³/mol. The first-order valence-electron chi connectivity index (χ1n) is 4.16. The van der Waals surface area contributed by atoms with Gasteiger partial charge in [-0.15, -0.1) is 0 Å². The van der Waals surface area contributed by atoms with E-state index in [0.717, 1.165) is 23.9 Å². The second-order valence-corrected chi connectivity index (χ2v) is 3.54. The zero-order chi connectivity index (χ0) is 8.65. The maximum atomic E-state index is 5.37. The van der Waals surface area contributed by atoms with Gasteiger partial charge >= 0.3 is 0 Å². The minimum absolute atomic E-state index is 0.766. The standard InChI is InChI=1S/C8H14N2OS/c9-4-2-1-3-7-12-8-10-5-6-11-8/h5-6H,1-4,7,9H2.